The van der Waals surface area contributed by atoms with Gasteiger partial charge in [0.05, 0.1) is 11.8 Å². The molecule has 0 aliphatic carbocycles. The van der Waals surface area contributed by atoms with Gasteiger partial charge in [-0.05, 0) is 38.1 Å². The highest BCUT2D eigenvalue weighted by atomic mass is 16.5. The average Bonchev–Trinajstić information content (AvgIpc) is 3.00. The zero-order valence-electron chi connectivity index (χ0n) is 12.1. The first-order valence-electron chi connectivity index (χ1n) is 7.45. The minimum atomic E-state index is 0.482. The molecule has 1 aliphatic rings. The predicted octanol–water partition coefficient (Wildman–Crippen LogP) is 1.98. The molecular weight excluding hydrogens is 240 g/mol. The molecule has 0 amide bonds. The highest BCUT2D eigenvalue weighted by Gasteiger charge is 2.14. The van der Waals surface area contributed by atoms with Crippen LogP contribution in [-0.2, 0) is 17.8 Å². The molecule has 2 heterocycles. The lowest BCUT2D eigenvalue weighted by molar-refractivity contribution is 0.101. The Bertz CT molecular complexity index is 358. The van der Waals surface area contributed by atoms with Crippen LogP contribution >= 0.6 is 0 Å². The van der Waals surface area contributed by atoms with Gasteiger partial charge in [0.2, 0.25) is 0 Å². The Morgan fingerprint density at radius 3 is 3.16 bits per heavy atom. The molecule has 19 heavy (non-hydrogen) atoms. The number of aromatic nitrogens is 3. The Balaban J connectivity index is 1.62. The van der Waals surface area contributed by atoms with Crippen LogP contribution in [0.2, 0.25) is 0 Å². The second-order valence-corrected chi connectivity index (χ2v) is 5.77. The predicted molar refractivity (Wildman–Crippen MR) is 74.8 cm³/mol. The van der Waals surface area contributed by atoms with Crippen molar-refractivity contribution >= 4 is 0 Å². The van der Waals surface area contributed by atoms with E-state index in [4.69, 9.17) is 4.74 Å². The summed E-state index contributed by atoms with van der Waals surface area (Å²) in [5.74, 6) is 0.668. The SMILES string of the molecule is CC(C)CNCc1cn(CCCC2CCCO2)nn1. The van der Waals surface area contributed by atoms with E-state index in [0.717, 1.165) is 44.8 Å². The highest BCUT2D eigenvalue weighted by molar-refractivity contribution is 4.91. The third-order valence-corrected chi connectivity index (χ3v) is 3.38. The van der Waals surface area contributed by atoms with Gasteiger partial charge in [0.1, 0.15) is 0 Å². The molecule has 1 N–H and O–H groups in total. The summed E-state index contributed by atoms with van der Waals surface area (Å²) in [6, 6.07) is 0. The van der Waals surface area contributed by atoms with Crippen LogP contribution in [0.25, 0.3) is 0 Å². The first kappa shape index (κ1) is 14.5. The molecule has 1 atom stereocenters. The number of aryl methyl sites for hydroxylation is 1. The maximum absolute atomic E-state index is 5.62. The number of ether oxygens (including phenoxy) is 1. The lowest BCUT2D eigenvalue weighted by Gasteiger charge is -2.08. The molecule has 1 aromatic heterocycles. The summed E-state index contributed by atoms with van der Waals surface area (Å²) >= 11 is 0. The Hall–Kier alpha value is -0.940. The van der Waals surface area contributed by atoms with Gasteiger partial charge in [0.25, 0.3) is 0 Å². The van der Waals surface area contributed by atoms with Gasteiger partial charge in [-0.25, -0.2) is 0 Å². The summed E-state index contributed by atoms with van der Waals surface area (Å²) in [5.41, 5.74) is 1.03. The maximum atomic E-state index is 5.62. The first-order chi connectivity index (χ1) is 9.24. The maximum Gasteiger partial charge on any atom is 0.0964 e. The molecule has 2 rings (SSSR count). The van der Waals surface area contributed by atoms with Crippen molar-refractivity contribution in [1.82, 2.24) is 20.3 Å². The average molecular weight is 266 g/mol. The van der Waals surface area contributed by atoms with Crippen molar-refractivity contribution in [2.45, 2.75) is 58.7 Å². The molecule has 0 aromatic carbocycles. The lowest BCUT2D eigenvalue weighted by atomic mass is 10.1. The van der Waals surface area contributed by atoms with Crippen molar-refractivity contribution in [3.05, 3.63) is 11.9 Å². The molecule has 1 saturated heterocycles. The van der Waals surface area contributed by atoms with E-state index in [2.05, 4.69) is 29.5 Å². The fourth-order valence-corrected chi connectivity index (χ4v) is 2.37. The zero-order valence-corrected chi connectivity index (χ0v) is 12.1. The minimum absolute atomic E-state index is 0.482. The largest absolute Gasteiger partial charge is 0.378 e. The molecule has 0 saturated carbocycles. The van der Waals surface area contributed by atoms with E-state index in [1.54, 1.807) is 0 Å². The normalized spacial score (nSPS) is 19.4. The quantitative estimate of drug-likeness (QED) is 0.782. The van der Waals surface area contributed by atoms with Crippen molar-refractivity contribution in [3.8, 4) is 0 Å². The fourth-order valence-electron chi connectivity index (χ4n) is 2.37. The van der Waals surface area contributed by atoms with Crippen molar-refractivity contribution < 1.29 is 4.74 Å². The summed E-state index contributed by atoms with van der Waals surface area (Å²) in [6.45, 7) is 8.12. The molecule has 5 heteroatoms. The smallest absolute Gasteiger partial charge is 0.0964 e. The molecular formula is C14H26N4O. The van der Waals surface area contributed by atoms with Crippen molar-refractivity contribution in [2.24, 2.45) is 5.92 Å². The summed E-state index contributed by atoms with van der Waals surface area (Å²) in [4.78, 5) is 0. The van der Waals surface area contributed by atoms with Crippen LogP contribution in [0.5, 0.6) is 0 Å². The third kappa shape index (κ3) is 5.28. The van der Waals surface area contributed by atoms with Gasteiger partial charge in [-0.1, -0.05) is 19.1 Å². The van der Waals surface area contributed by atoms with Gasteiger partial charge in [-0.2, -0.15) is 0 Å². The summed E-state index contributed by atoms with van der Waals surface area (Å²) in [6.07, 6.45) is 7.23. The van der Waals surface area contributed by atoms with Crippen LogP contribution in [-0.4, -0.2) is 34.2 Å². The standard InChI is InChI=1S/C14H26N4O/c1-12(2)9-15-10-13-11-18(17-16-13)7-3-5-14-6-4-8-19-14/h11-12,14-15H,3-10H2,1-2H3. The Morgan fingerprint density at radius 2 is 2.42 bits per heavy atom. The number of hydrogen-bond acceptors (Lipinski definition) is 4. The minimum Gasteiger partial charge on any atom is -0.378 e. The molecule has 0 radical (unpaired) electrons. The highest BCUT2D eigenvalue weighted by Crippen LogP contribution is 2.16. The van der Waals surface area contributed by atoms with Crippen molar-refractivity contribution in [1.29, 1.82) is 0 Å². The Labute approximate surface area is 115 Å². The molecule has 1 aliphatic heterocycles. The molecule has 108 valence electrons. The van der Waals surface area contributed by atoms with Crippen molar-refractivity contribution in [3.63, 3.8) is 0 Å². The van der Waals surface area contributed by atoms with E-state index in [1.807, 2.05) is 10.9 Å². The first-order valence-corrected chi connectivity index (χ1v) is 7.45. The topological polar surface area (TPSA) is 52.0 Å². The monoisotopic (exact) mass is 266 g/mol. The summed E-state index contributed by atoms with van der Waals surface area (Å²) < 4.78 is 7.56. The molecule has 0 spiro atoms. The zero-order chi connectivity index (χ0) is 13.5. The molecule has 0 bridgehead atoms. The molecule has 5 nitrogen and oxygen atoms in total. The Morgan fingerprint density at radius 1 is 1.53 bits per heavy atom. The van der Waals surface area contributed by atoms with Crippen LogP contribution in [0.4, 0.5) is 0 Å². The van der Waals surface area contributed by atoms with Crippen molar-refractivity contribution in [2.75, 3.05) is 13.2 Å². The van der Waals surface area contributed by atoms with Crippen LogP contribution in [0, 0.1) is 5.92 Å². The second-order valence-electron chi connectivity index (χ2n) is 5.77. The number of hydrogen-bond donors (Lipinski definition) is 1. The second kappa shape index (κ2) is 7.60. The van der Waals surface area contributed by atoms with E-state index in [0.29, 0.717) is 12.0 Å². The van der Waals surface area contributed by atoms with Gasteiger partial charge in [-0.3, -0.25) is 4.68 Å². The Kier molecular flexibility index (Phi) is 5.79. The van der Waals surface area contributed by atoms with Gasteiger partial charge in [0, 0.05) is 25.9 Å². The molecule has 1 unspecified atom stereocenters. The van der Waals surface area contributed by atoms with E-state index < -0.39 is 0 Å². The lowest BCUT2D eigenvalue weighted by Crippen LogP contribution is -2.19. The van der Waals surface area contributed by atoms with Crippen LogP contribution < -0.4 is 5.32 Å². The van der Waals surface area contributed by atoms with Gasteiger partial charge >= 0.3 is 0 Å². The van der Waals surface area contributed by atoms with Gasteiger partial charge in [-0.15, -0.1) is 5.10 Å². The van der Waals surface area contributed by atoms with Crippen LogP contribution in [0.3, 0.4) is 0 Å². The molecule has 1 aromatic rings. The van der Waals surface area contributed by atoms with Gasteiger partial charge < -0.3 is 10.1 Å². The van der Waals surface area contributed by atoms with Crippen LogP contribution in [0.15, 0.2) is 6.20 Å². The third-order valence-electron chi connectivity index (χ3n) is 3.38. The van der Waals surface area contributed by atoms with Crippen LogP contribution in [0.1, 0.15) is 45.2 Å². The fraction of sp³-hybridized carbons (Fsp3) is 0.857. The number of rotatable bonds is 8. The van der Waals surface area contributed by atoms with E-state index in [9.17, 15) is 0 Å². The number of nitrogens with one attached hydrogen (secondary N) is 1. The van der Waals surface area contributed by atoms with E-state index in [-0.39, 0.29) is 0 Å². The van der Waals surface area contributed by atoms with Gasteiger partial charge in [0.15, 0.2) is 0 Å². The summed E-state index contributed by atoms with van der Waals surface area (Å²) in [7, 11) is 0. The summed E-state index contributed by atoms with van der Waals surface area (Å²) in [5, 5.41) is 11.7. The van der Waals surface area contributed by atoms with E-state index >= 15 is 0 Å². The number of nitrogens with zero attached hydrogens (tertiary/aromatic N) is 3. The molecule has 1 fully saturated rings. The van der Waals surface area contributed by atoms with E-state index in [1.165, 1.54) is 12.8 Å².